The maximum Gasteiger partial charge on any atom is 0.0193 e. The summed E-state index contributed by atoms with van der Waals surface area (Å²) in [6.07, 6.45) is 5.60. The van der Waals surface area contributed by atoms with Gasteiger partial charge in [0, 0.05) is 25.2 Å². The largest absolute Gasteiger partial charge is 0.329 e. The van der Waals surface area contributed by atoms with Gasteiger partial charge in [-0.15, -0.1) is 0 Å². The summed E-state index contributed by atoms with van der Waals surface area (Å²) in [4.78, 5) is 2.64. The van der Waals surface area contributed by atoms with E-state index in [1.54, 1.807) is 0 Å². The second-order valence-electron chi connectivity index (χ2n) is 5.11. The van der Waals surface area contributed by atoms with Crippen molar-refractivity contribution >= 4 is 0 Å². The van der Waals surface area contributed by atoms with Gasteiger partial charge >= 0.3 is 0 Å². The molecular formula is C12H26N2. The van der Waals surface area contributed by atoms with E-state index in [0.29, 0.717) is 6.04 Å². The molecule has 2 heteroatoms. The molecule has 2 nitrogen and oxygen atoms in total. The lowest BCUT2D eigenvalue weighted by Gasteiger charge is -2.35. The van der Waals surface area contributed by atoms with E-state index in [4.69, 9.17) is 5.73 Å². The van der Waals surface area contributed by atoms with Crippen molar-refractivity contribution in [3.63, 3.8) is 0 Å². The number of hydrogen-bond donors (Lipinski definition) is 1. The molecule has 0 aromatic heterocycles. The van der Waals surface area contributed by atoms with Crippen LogP contribution in [0.1, 0.15) is 46.5 Å². The van der Waals surface area contributed by atoms with Gasteiger partial charge in [0.25, 0.3) is 0 Å². The Kier molecular flexibility index (Phi) is 4.90. The fourth-order valence-corrected chi connectivity index (χ4v) is 2.48. The second kappa shape index (κ2) is 5.72. The number of nitrogens with two attached hydrogens (primary N) is 1. The molecule has 1 aliphatic rings. The minimum atomic E-state index is 0.556. The van der Waals surface area contributed by atoms with Crippen LogP contribution in [0, 0.1) is 5.92 Å². The molecule has 1 aliphatic carbocycles. The highest BCUT2D eigenvalue weighted by molar-refractivity contribution is 4.82. The molecule has 1 unspecified atom stereocenters. The number of hydrogen-bond acceptors (Lipinski definition) is 2. The molecule has 0 aromatic rings. The summed E-state index contributed by atoms with van der Waals surface area (Å²) < 4.78 is 0. The Morgan fingerprint density at radius 2 is 1.79 bits per heavy atom. The molecular weight excluding hydrogens is 172 g/mol. The van der Waals surface area contributed by atoms with Gasteiger partial charge in [-0.3, -0.25) is 4.90 Å². The first-order valence-electron chi connectivity index (χ1n) is 6.11. The normalized spacial score (nSPS) is 21.0. The topological polar surface area (TPSA) is 29.3 Å². The first-order valence-corrected chi connectivity index (χ1v) is 6.11. The zero-order valence-corrected chi connectivity index (χ0v) is 10.00. The predicted molar refractivity (Wildman–Crippen MR) is 62.3 cm³/mol. The van der Waals surface area contributed by atoms with Gasteiger partial charge in [-0.1, -0.05) is 26.7 Å². The van der Waals surface area contributed by atoms with Crippen LogP contribution in [0.4, 0.5) is 0 Å². The van der Waals surface area contributed by atoms with Crippen LogP contribution in [-0.2, 0) is 0 Å². The highest BCUT2D eigenvalue weighted by atomic mass is 15.2. The minimum Gasteiger partial charge on any atom is -0.329 e. The van der Waals surface area contributed by atoms with Crippen molar-refractivity contribution < 1.29 is 0 Å². The molecule has 0 heterocycles. The van der Waals surface area contributed by atoms with E-state index < -0.39 is 0 Å². The summed E-state index contributed by atoms with van der Waals surface area (Å²) in [5.74, 6) is 0.754. The maximum atomic E-state index is 5.77. The van der Waals surface area contributed by atoms with Gasteiger partial charge in [0.1, 0.15) is 0 Å². The highest BCUT2D eigenvalue weighted by Crippen LogP contribution is 2.25. The Morgan fingerprint density at radius 3 is 2.21 bits per heavy atom. The van der Waals surface area contributed by atoms with Gasteiger partial charge < -0.3 is 5.73 Å². The number of rotatable bonds is 5. The monoisotopic (exact) mass is 198 g/mol. The van der Waals surface area contributed by atoms with Crippen molar-refractivity contribution in [1.82, 2.24) is 4.90 Å². The molecule has 0 spiro atoms. The molecule has 0 aromatic carbocycles. The first-order chi connectivity index (χ1) is 6.65. The van der Waals surface area contributed by atoms with Crippen LogP contribution in [0.5, 0.6) is 0 Å². The SMILES string of the molecule is CC(C)CN(C(C)CN)C1CCCC1. The van der Waals surface area contributed by atoms with Crippen LogP contribution in [0.15, 0.2) is 0 Å². The van der Waals surface area contributed by atoms with Gasteiger partial charge in [0.05, 0.1) is 0 Å². The lowest BCUT2D eigenvalue weighted by atomic mass is 10.1. The molecule has 0 saturated heterocycles. The van der Waals surface area contributed by atoms with E-state index in [9.17, 15) is 0 Å². The van der Waals surface area contributed by atoms with Crippen LogP contribution in [0.2, 0.25) is 0 Å². The Labute approximate surface area is 88.8 Å². The zero-order chi connectivity index (χ0) is 10.6. The van der Waals surface area contributed by atoms with E-state index in [0.717, 1.165) is 18.5 Å². The van der Waals surface area contributed by atoms with Crippen LogP contribution >= 0.6 is 0 Å². The third kappa shape index (κ3) is 3.25. The van der Waals surface area contributed by atoms with Crippen molar-refractivity contribution in [2.45, 2.75) is 58.5 Å². The van der Waals surface area contributed by atoms with Crippen molar-refractivity contribution in [3.05, 3.63) is 0 Å². The quantitative estimate of drug-likeness (QED) is 0.734. The molecule has 1 saturated carbocycles. The van der Waals surface area contributed by atoms with Gasteiger partial charge in [0.2, 0.25) is 0 Å². The third-order valence-corrected chi connectivity index (χ3v) is 3.28. The predicted octanol–water partition coefficient (Wildman–Crippen LogP) is 2.23. The molecule has 0 amide bonds. The average molecular weight is 198 g/mol. The molecule has 1 atom stereocenters. The van der Waals surface area contributed by atoms with E-state index in [1.807, 2.05) is 0 Å². The smallest absolute Gasteiger partial charge is 0.0193 e. The van der Waals surface area contributed by atoms with Crippen LogP contribution in [0.25, 0.3) is 0 Å². The maximum absolute atomic E-state index is 5.77. The summed E-state index contributed by atoms with van der Waals surface area (Å²) in [5.41, 5.74) is 5.77. The fourth-order valence-electron chi connectivity index (χ4n) is 2.48. The first kappa shape index (κ1) is 12.0. The molecule has 1 rings (SSSR count). The van der Waals surface area contributed by atoms with Gasteiger partial charge in [-0.2, -0.15) is 0 Å². The highest BCUT2D eigenvalue weighted by Gasteiger charge is 2.25. The van der Waals surface area contributed by atoms with Crippen molar-refractivity contribution in [3.8, 4) is 0 Å². The van der Waals surface area contributed by atoms with E-state index >= 15 is 0 Å². The lowest BCUT2D eigenvalue weighted by Crippen LogP contribution is -2.46. The molecule has 2 N–H and O–H groups in total. The molecule has 84 valence electrons. The van der Waals surface area contributed by atoms with E-state index in [1.165, 1.54) is 32.2 Å². The Hall–Kier alpha value is -0.0800. The Morgan fingerprint density at radius 1 is 1.21 bits per heavy atom. The summed E-state index contributed by atoms with van der Waals surface area (Å²) in [7, 11) is 0. The number of nitrogens with zero attached hydrogens (tertiary/aromatic N) is 1. The summed E-state index contributed by atoms with van der Waals surface area (Å²) >= 11 is 0. The minimum absolute atomic E-state index is 0.556. The second-order valence-corrected chi connectivity index (χ2v) is 5.11. The van der Waals surface area contributed by atoms with Crippen molar-refractivity contribution in [2.24, 2.45) is 11.7 Å². The average Bonchev–Trinajstić information content (AvgIpc) is 2.65. The van der Waals surface area contributed by atoms with Gasteiger partial charge in [-0.25, -0.2) is 0 Å². The van der Waals surface area contributed by atoms with Gasteiger partial charge in [-0.05, 0) is 25.7 Å². The Balaban J connectivity index is 2.50. The van der Waals surface area contributed by atoms with E-state index in [-0.39, 0.29) is 0 Å². The van der Waals surface area contributed by atoms with Crippen LogP contribution in [0.3, 0.4) is 0 Å². The molecule has 0 bridgehead atoms. The molecule has 1 fully saturated rings. The fraction of sp³-hybridized carbons (Fsp3) is 1.00. The Bertz CT molecular complexity index is 150. The molecule has 0 aliphatic heterocycles. The zero-order valence-electron chi connectivity index (χ0n) is 10.00. The van der Waals surface area contributed by atoms with E-state index in [2.05, 4.69) is 25.7 Å². The summed E-state index contributed by atoms with van der Waals surface area (Å²) in [5, 5.41) is 0. The lowest BCUT2D eigenvalue weighted by molar-refractivity contribution is 0.131. The molecule has 14 heavy (non-hydrogen) atoms. The molecule has 0 radical (unpaired) electrons. The van der Waals surface area contributed by atoms with Crippen LogP contribution in [-0.4, -0.2) is 30.1 Å². The summed E-state index contributed by atoms with van der Waals surface area (Å²) in [6, 6.07) is 1.37. The van der Waals surface area contributed by atoms with Gasteiger partial charge in [0.15, 0.2) is 0 Å². The van der Waals surface area contributed by atoms with Crippen molar-refractivity contribution in [2.75, 3.05) is 13.1 Å². The standard InChI is InChI=1S/C12H26N2/c1-10(2)9-14(11(3)8-13)12-6-4-5-7-12/h10-12H,4-9,13H2,1-3H3. The van der Waals surface area contributed by atoms with Crippen molar-refractivity contribution in [1.29, 1.82) is 0 Å². The third-order valence-electron chi connectivity index (χ3n) is 3.28. The van der Waals surface area contributed by atoms with Crippen LogP contribution < -0.4 is 5.73 Å². The summed E-state index contributed by atoms with van der Waals surface area (Å²) in [6.45, 7) is 8.86.